The van der Waals surface area contributed by atoms with Crippen LogP contribution in [0, 0.1) is 0 Å². The van der Waals surface area contributed by atoms with Gasteiger partial charge in [-0.15, -0.1) is 0 Å². The fourth-order valence-corrected chi connectivity index (χ4v) is 3.84. The Hall–Kier alpha value is -4.28. The third-order valence-corrected chi connectivity index (χ3v) is 6.00. The van der Waals surface area contributed by atoms with Crippen molar-refractivity contribution in [2.45, 2.75) is 0 Å². The summed E-state index contributed by atoms with van der Waals surface area (Å²) >= 11 is 6.34. The summed E-state index contributed by atoms with van der Waals surface area (Å²) in [5.41, 5.74) is 1.82. The van der Waals surface area contributed by atoms with Crippen LogP contribution in [0.25, 0.3) is 0 Å². The lowest BCUT2D eigenvalue weighted by Gasteiger charge is -2.32. The number of amides is 2. The van der Waals surface area contributed by atoms with Gasteiger partial charge >= 0.3 is 0 Å². The van der Waals surface area contributed by atoms with Crippen molar-refractivity contribution in [2.24, 2.45) is 0 Å². The Balaban J connectivity index is 1.52. The van der Waals surface area contributed by atoms with E-state index < -0.39 is 11.7 Å². The quantitative estimate of drug-likeness (QED) is 0.234. The molecule has 0 bridgehead atoms. The zero-order chi connectivity index (χ0) is 26.4. The number of nitrogens with one attached hydrogen (secondary N) is 3. The second kappa shape index (κ2) is 11.6. The van der Waals surface area contributed by atoms with Gasteiger partial charge in [-0.3, -0.25) is 14.4 Å². The van der Waals surface area contributed by atoms with Gasteiger partial charge in [0.15, 0.2) is 5.82 Å². The van der Waals surface area contributed by atoms with E-state index in [1.165, 1.54) is 12.3 Å². The molecule has 11 heteroatoms. The van der Waals surface area contributed by atoms with Gasteiger partial charge in [-0.1, -0.05) is 36.4 Å². The second-order valence-electron chi connectivity index (χ2n) is 8.38. The fraction of sp³-hybridized carbons (Fsp3) is 0.192. The monoisotopic (exact) mass is 519 g/mol. The lowest BCUT2D eigenvalue weighted by atomic mass is 10.1. The van der Waals surface area contributed by atoms with Gasteiger partial charge in [-0.05, 0) is 43.5 Å². The summed E-state index contributed by atoms with van der Waals surface area (Å²) in [6, 6.07) is 13.7. The number of piperazine rings is 1. The number of carbonyl (C=O) groups is 3. The van der Waals surface area contributed by atoms with E-state index in [1.807, 2.05) is 7.05 Å². The molecule has 1 aliphatic heterocycles. The maximum atomic E-state index is 13.1. The van der Waals surface area contributed by atoms with Crippen LogP contribution in [0.4, 0.5) is 28.8 Å². The van der Waals surface area contributed by atoms with Crippen molar-refractivity contribution in [3.05, 3.63) is 78.0 Å². The number of carbonyl (C=O) groups excluding carboxylic acids is 3. The summed E-state index contributed by atoms with van der Waals surface area (Å²) in [6.45, 7) is 5.88. The molecule has 4 rings (SSSR count). The average molecular weight is 520 g/mol. The molecule has 1 aliphatic rings. The highest BCUT2D eigenvalue weighted by Gasteiger charge is 2.27. The number of ketones is 1. The molecule has 3 N–H and O–H groups in total. The molecule has 1 fully saturated rings. The first kappa shape index (κ1) is 25.8. The molecule has 37 heavy (non-hydrogen) atoms. The first-order chi connectivity index (χ1) is 17.8. The molecule has 1 aromatic heterocycles. The van der Waals surface area contributed by atoms with E-state index in [-0.39, 0.29) is 28.3 Å². The number of halogens is 1. The van der Waals surface area contributed by atoms with Crippen LogP contribution in [0.2, 0.25) is 5.02 Å². The number of anilines is 5. The standard InChI is InChI=1S/C26H26ClN7O3/c1-3-22(35)29-17-7-6-8-18(15-17)30-26-28-16-20(27)24(32-26)31-21-10-5-4-9-19(21)23(36)25(37)34-13-11-33(2)12-14-34/h3-10,15-16H,1,11-14H2,2H3,(H,29,35)(H2,28,30,31,32). The van der Waals surface area contributed by atoms with Crippen LogP contribution in [-0.4, -0.2) is 70.6 Å². The Bertz CT molecular complexity index is 1340. The maximum Gasteiger partial charge on any atom is 0.295 e. The van der Waals surface area contributed by atoms with Crippen molar-refractivity contribution in [1.82, 2.24) is 19.8 Å². The normalized spacial score (nSPS) is 13.5. The van der Waals surface area contributed by atoms with E-state index in [4.69, 9.17) is 11.6 Å². The number of hydrogen-bond donors (Lipinski definition) is 3. The van der Waals surface area contributed by atoms with Gasteiger partial charge in [-0.2, -0.15) is 4.98 Å². The summed E-state index contributed by atoms with van der Waals surface area (Å²) in [5, 5.41) is 9.04. The largest absolute Gasteiger partial charge is 0.338 e. The summed E-state index contributed by atoms with van der Waals surface area (Å²) in [7, 11) is 1.98. The van der Waals surface area contributed by atoms with E-state index in [0.29, 0.717) is 30.2 Å². The molecule has 1 saturated heterocycles. The van der Waals surface area contributed by atoms with E-state index >= 15 is 0 Å². The molecule has 2 aromatic carbocycles. The van der Waals surface area contributed by atoms with Gasteiger partial charge in [-0.25, -0.2) is 4.98 Å². The fourth-order valence-electron chi connectivity index (χ4n) is 3.70. The Morgan fingerprint density at radius 2 is 1.73 bits per heavy atom. The Morgan fingerprint density at radius 3 is 2.49 bits per heavy atom. The van der Waals surface area contributed by atoms with Gasteiger partial charge in [0.2, 0.25) is 11.9 Å². The number of hydrogen-bond acceptors (Lipinski definition) is 8. The van der Waals surface area contributed by atoms with Crippen LogP contribution in [0.1, 0.15) is 10.4 Å². The van der Waals surface area contributed by atoms with Crippen molar-refractivity contribution in [1.29, 1.82) is 0 Å². The molecule has 0 radical (unpaired) electrons. The van der Waals surface area contributed by atoms with Gasteiger partial charge in [0.1, 0.15) is 5.02 Å². The van der Waals surface area contributed by atoms with E-state index in [1.54, 1.807) is 53.4 Å². The average Bonchev–Trinajstić information content (AvgIpc) is 2.90. The summed E-state index contributed by atoms with van der Waals surface area (Å²) in [5.74, 6) is -0.985. The molecule has 0 unspecified atom stereocenters. The minimum Gasteiger partial charge on any atom is -0.338 e. The molecule has 0 saturated carbocycles. The third kappa shape index (κ3) is 6.49. The third-order valence-electron chi connectivity index (χ3n) is 5.73. The van der Waals surface area contributed by atoms with Crippen molar-refractivity contribution in [2.75, 3.05) is 49.2 Å². The number of benzene rings is 2. The van der Waals surface area contributed by atoms with E-state index in [0.717, 1.165) is 13.1 Å². The van der Waals surface area contributed by atoms with Crippen molar-refractivity contribution in [3.63, 3.8) is 0 Å². The Labute approximate surface area is 219 Å². The van der Waals surface area contributed by atoms with Crippen LogP contribution in [0.3, 0.4) is 0 Å². The highest BCUT2D eigenvalue weighted by molar-refractivity contribution is 6.44. The SMILES string of the molecule is C=CC(=O)Nc1cccc(Nc2ncc(Cl)c(Nc3ccccc3C(=O)C(=O)N3CCN(C)CC3)n2)c1. The molecule has 0 spiro atoms. The van der Waals surface area contributed by atoms with E-state index in [2.05, 4.69) is 37.4 Å². The van der Waals surface area contributed by atoms with Gasteiger partial charge in [0, 0.05) is 37.6 Å². The molecule has 0 aliphatic carbocycles. The van der Waals surface area contributed by atoms with Crippen LogP contribution in [-0.2, 0) is 9.59 Å². The lowest BCUT2D eigenvalue weighted by Crippen LogP contribution is -2.49. The zero-order valence-corrected chi connectivity index (χ0v) is 21.0. The van der Waals surface area contributed by atoms with Crippen LogP contribution in [0.5, 0.6) is 0 Å². The highest BCUT2D eigenvalue weighted by Crippen LogP contribution is 2.28. The van der Waals surface area contributed by atoms with Crippen molar-refractivity contribution < 1.29 is 14.4 Å². The van der Waals surface area contributed by atoms with Gasteiger partial charge in [0.05, 0.1) is 17.4 Å². The smallest absolute Gasteiger partial charge is 0.295 e. The molecular weight excluding hydrogens is 494 g/mol. The number of para-hydroxylation sites is 1. The van der Waals surface area contributed by atoms with Gasteiger partial charge < -0.3 is 25.8 Å². The Kier molecular flexibility index (Phi) is 8.11. The van der Waals surface area contributed by atoms with Crippen LogP contribution < -0.4 is 16.0 Å². The minimum absolute atomic E-state index is 0.223. The number of nitrogens with zero attached hydrogens (tertiary/aromatic N) is 4. The Morgan fingerprint density at radius 1 is 1.00 bits per heavy atom. The molecule has 10 nitrogen and oxygen atoms in total. The van der Waals surface area contributed by atoms with E-state index in [9.17, 15) is 14.4 Å². The number of Topliss-reactive ketones (excluding diaryl/α,β-unsaturated/α-hetero) is 1. The predicted octanol–water partition coefficient (Wildman–Crippen LogP) is 3.70. The number of likely N-dealkylation sites (N-methyl/N-ethyl adjacent to an activating group) is 1. The van der Waals surface area contributed by atoms with Crippen LogP contribution >= 0.6 is 11.6 Å². The minimum atomic E-state index is -0.602. The van der Waals surface area contributed by atoms with Gasteiger partial charge in [0.25, 0.3) is 11.7 Å². The second-order valence-corrected chi connectivity index (χ2v) is 8.79. The van der Waals surface area contributed by atoms with Crippen LogP contribution in [0.15, 0.2) is 67.4 Å². The molecular formula is C26H26ClN7O3. The number of aromatic nitrogens is 2. The molecule has 2 amide bonds. The summed E-state index contributed by atoms with van der Waals surface area (Å²) in [6.07, 6.45) is 2.60. The maximum absolute atomic E-state index is 13.1. The molecule has 2 heterocycles. The topological polar surface area (TPSA) is 120 Å². The summed E-state index contributed by atoms with van der Waals surface area (Å²) in [4.78, 5) is 49.9. The first-order valence-electron chi connectivity index (χ1n) is 11.6. The predicted molar refractivity (Wildman–Crippen MR) is 144 cm³/mol. The van der Waals surface area contributed by atoms with Crippen molar-refractivity contribution in [3.8, 4) is 0 Å². The van der Waals surface area contributed by atoms with Crippen molar-refractivity contribution >= 4 is 58.0 Å². The molecule has 3 aromatic rings. The summed E-state index contributed by atoms with van der Waals surface area (Å²) < 4.78 is 0. The molecule has 0 atom stereocenters. The highest BCUT2D eigenvalue weighted by atomic mass is 35.5. The lowest BCUT2D eigenvalue weighted by molar-refractivity contribution is -0.127. The zero-order valence-electron chi connectivity index (χ0n) is 20.2. The number of rotatable bonds is 8. The first-order valence-corrected chi connectivity index (χ1v) is 11.9. The molecule has 190 valence electrons.